The van der Waals surface area contributed by atoms with Crippen LogP contribution in [0.2, 0.25) is 0 Å². The van der Waals surface area contributed by atoms with E-state index in [2.05, 4.69) is 29.1 Å². The number of nitrogens with two attached hydrogens (primary N) is 1. The summed E-state index contributed by atoms with van der Waals surface area (Å²) in [5.41, 5.74) is 6.95. The first-order chi connectivity index (χ1) is 8.52. The third kappa shape index (κ3) is 5.44. The van der Waals surface area contributed by atoms with Gasteiger partial charge in [0.15, 0.2) is 0 Å². The van der Waals surface area contributed by atoms with Crippen molar-refractivity contribution >= 4 is 11.3 Å². The van der Waals surface area contributed by atoms with Crippen LogP contribution in [0.3, 0.4) is 0 Å². The van der Waals surface area contributed by atoms with Crippen LogP contribution in [0.25, 0.3) is 0 Å². The molecule has 0 aromatic carbocycles. The Balaban J connectivity index is 2.57. The zero-order valence-corrected chi connectivity index (χ0v) is 12.7. The number of nitrogens with zero attached hydrogens (tertiary/aromatic N) is 2. The molecule has 0 radical (unpaired) electrons. The Morgan fingerprint density at radius 2 is 2.17 bits per heavy atom. The van der Waals surface area contributed by atoms with E-state index in [9.17, 15) is 0 Å². The number of rotatable bonds is 8. The summed E-state index contributed by atoms with van der Waals surface area (Å²) in [7, 11) is 1.74. The van der Waals surface area contributed by atoms with E-state index in [0.717, 1.165) is 36.9 Å². The molecule has 0 aliphatic carbocycles. The molecular formula is C13H25N3OS. The number of hydrogen-bond acceptors (Lipinski definition) is 5. The molecule has 104 valence electrons. The highest BCUT2D eigenvalue weighted by atomic mass is 32.1. The van der Waals surface area contributed by atoms with E-state index >= 15 is 0 Å². The summed E-state index contributed by atoms with van der Waals surface area (Å²) in [5.74, 6) is 0.647. The number of hydrogen-bond donors (Lipinski definition) is 1. The van der Waals surface area contributed by atoms with Crippen LogP contribution in [-0.4, -0.2) is 36.7 Å². The molecule has 1 heterocycles. The van der Waals surface area contributed by atoms with Crippen molar-refractivity contribution < 1.29 is 4.74 Å². The number of aromatic nitrogens is 1. The summed E-state index contributed by atoms with van der Waals surface area (Å²) in [6.45, 7) is 10.1. The Labute approximate surface area is 114 Å². The average Bonchev–Trinajstić information content (AvgIpc) is 2.73. The Morgan fingerprint density at radius 1 is 1.44 bits per heavy atom. The van der Waals surface area contributed by atoms with Crippen molar-refractivity contribution in [1.29, 1.82) is 0 Å². The van der Waals surface area contributed by atoms with E-state index in [4.69, 9.17) is 10.5 Å². The maximum atomic E-state index is 5.83. The van der Waals surface area contributed by atoms with Crippen molar-refractivity contribution in [2.24, 2.45) is 11.7 Å². The van der Waals surface area contributed by atoms with Crippen LogP contribution in [0.15, 0.2) is 5.38 Å². The molecule has 5 heteroatoms. The molecule has 0 aliphatic heterocycles. The maximum absolute atomic E-state index is 5.83. The molecule has 2 N–H and O–H groups in total. The molecule has 1 aromatic heterocycles. The monoisotopic (exact) mass is 271 g/mol. The standard InChI is InChI=1S/C13H25N3OS/c1-10(2)7-16(5-6-17-4)8-12-9-18-13(15-12)11(3)14/h9-11H,5-8,14H2,1-4H3. The van der Waals surface area contributed by atoms with Gasteiger partial charge in [-0.25, -0.2) is 4.98 Å². The van der Waals surface area contributed by atoms with Crippen molar-refractivity contribution in [2.45, 2.75) is 33.4 Å². The van der Waals surface area contributed by atoms with Gasteiger partial charge in [0.05, 0.1) is 18.3 Å². The summed E-state index contributed by atoms with van der Waals surface area (Å²) in [5, 5.41) is 3.12. The summed E-state index contributed by atoms with van der Waals surface area (Å²) >= 11 is 1.65. The average molecular weight is 271 g/mol. The van der Waals surface area contributed by atoms with Gasteiger partial charge < -0.3 is 10.5 Å². The first-order valence-electron chi connectivity index (χ1n) is 6.44. The second kappa shape index (κ2) is 7.84. The van der Waals surface area contributed by atoms with E-state index in [0.29, 0.717) is 5.92 Å². The van der Waals surface area contributed by atoms with Gasteiger partial charge >= 0.3 is 0 Å². The SMILES string of the molecule is COCCN(Cc1csc(C(C)N)n1)CC(C)C. The predicted molar refractivity (Wildman–Crippen MR) is 76.7 cm³/mol. The number of thiazole rings is 1. The van der Waals surface area contributed by atoms with Crippen LogP contribution < -0.4 is 5.73 Å². The summed E-state index contributed by atoms with van der Waals surface area (Å²) in [6.07, 6.45) is 0. The lowest BCUT2D eigenvalue weighted by atomic mass is 10.2. The fraction of sp³-hybridized carbons (Fsp3) is 0.769. The van der Waals surface area contributed by atoms with E-state index < -0.39 is 0 Å². The fourth-order valence-electron chi connectivity index (χ4n) is 1.81. The lowest BCUT2D eigenvalue weighted by Gasteiger charge is -2.22. The Bertz CT molecular complexity index is 339. The number of methoxy groups -OCH3 is 1. The molecule has 1 unspecified atom stereocenters. The number of ether oxygens (including phenoxy) is 1. The van der Waals surface area contributed by atoms with Crippen LogP contribution in [-0.2, 0) is 11.3 Å². The van der Waals surface area contributed by atoms with Crippen LogP contribution in [0.5, 0.6) is 0 Å². The minimum atomic E-state index is 0.0290. The molecule has 0 bridgehead atoms. The van der Waals surface area contributed by atoms with Gasteiger partial charge in [0.2, 0.25) is 0 Å². The van der Waals surface area contributed by atoms with E-state index in [1.54, 1.807) is 18.4 Å². The first kappa shape index (κ1) is 15.6. The molecule has 1 aromatic rings. The molecule has 4 nitrogen and oxygen atoms in total. The molecule has 0 amide bonds. The van der Waals surface area contributed by atoms with Crippen molar-refractivity contribution in [1.82, 2.24) is 9.88 Å². The maximum Gasteiger partial charge on any atom is 0.109 e. The largest absolute Gasteiger partial charge is 0.383 e. The molecule has 0 fully saturated rings. The lowest BCUT2D eigenvalue weighted by molar-refractivity contribution is 0.135. The van der Waals surface area contributed by atoms with E-state index in [1.165, 1.54) is 0 Å². The van der Waals surface area contributed by atoms with Crippen molar-refractivity contribution in [3.8, 4) is 0 Å². The van der Waals surface area contributed by atoms with Crippen molar-refractivity contribution in [3.05, 3.63) is 16.1 Å². The Kier molecular flexibility index (Phi) is 6.78. The van der Waals surface area contributed by atoms with Crippen LogP contribution in [0, 0.1) is 5.92 Å². The highest BCUT2D eigenvalue weighted by Gasteiger charge is 2.11. The third-order valence-corrected chi connectivity index (χ3v) is 3.67. The fourth-order valence-corrected chi connectivity index (χ4v) is 2.57. The summed E-state index contributed by atoms with van der Waals surface area (Å²) in [6, 6.07) is 0.0290. The van der Waals surface area contributed by atoms with Gasteiger partial charge in [0.25, 0.3) is 0 Å². The minimum Gasteiger partial charge on any atom is -0.383 e. The topological polar surface area (TPSA) is 51.4 Å². The van der Waals surface area contributed by atoms with Crippen LogP contribution in [0.1, 0.15) is 37.5 Å². The lowest BCUT2D eigenvalue weighted by Crippen LogP contribution is -2.30. The zero-order valence-electron chi connectivity index (χ0n) is 11.8. The second-order valence-electron chi connectivity index (χ2n) is 5.09. The molecule has 0 aliphatic rings. The van der Waals surface area contributed by atoms with Crippen LogP contribution >= 0.6 is 11.3 Å². The Morgan fingerprint density at radius 3 is 2.67 bits per heavy atom. The predicted octanol–water partition coefficient (Wildman–Crippen LogP) is 2.27. The smallest absolute Gasteiger partial charge is 0.109 e. The molecule has 1 rings (SSSR count). The van der Waals surface area contributed by atoms with Gasteiger partial charge in [-0.15, -0.1) is 11.3 Å². The molecular weight excluding hydrogens is 246 g/mol. The molecule has 0 saturated heterocycles. The summed E-state index contributed by atoms with van der Waals surface area (Å²) < 4.78 is 5.16. The molecule has 0 saturated carbocycles. The highest BCUT2D eigenvalue weighted by molar-refractivity contribution is 7.09. The Hall–Kier alpha value is -0.490. The van der Waals surface area contributed by atoms with E-state index in [1.807, 2.05) is 6.92 Å². The molecule has 1 atom stereocenters. The molecule has 18 heavy (non-hydrogen) atoms. The van der Waals surface area contributed by atoms with Crippen LogP contribution in [0.4, 0.5) is 0 Å². The molecule has 0 spiro atoms. The third-order valence-electron chi connectivity index (χ3n) is 2.58. The van der Waals surface area contributed by atoms with Crippen molar-refractivity contribution in [2.75, 3.05) is 26.8 Å². The first-order valence-corrected chi connectivity index (χ1v) is 7.32. The minimum absolute atomic E-state index is 0.0290. The zero-order chi connectivity index (χ0) is 13.5. The van der Waals surface area contributed by atoms with Gasteiger partial charge in [-0.2, -0.15) is 0 Å². The normalized spacial score (nSPS) is 13.5. The van der Waals surface area contributed by atoms with Gasteiger partial charge in [-0.3, -0.25) is 4.90 Å². The van der Waals surface area contributed by atoms with E-state index in [-0.39, 0.29) is 6.04 Å². The van der Waals surface area contributed by atoms with Gasteiger partial charge in [-0.1, -0.05) is 13.8 Å². The second-order valence-corrected chi connectivity index (χ2v) is 5.98. The van der Waals surface area contributed by atoms with Gasteiger partial charge in [-0.05, 0) is 12.8 Å². The highest BCUT2D eigenvalue weighted by Crippen LogP contribution is 2.17. The van der Waals surface area contributed by atoms with Crippen molar-refractivity contribution in [3.63, 3.8) is 0 Å². The summed E-state index contributed by atoms with van der Waals surface area (Å²) in [4.78, 5) is 6.96. The quantitative estimate of drug-likeness (QED) is 0.788. The van der Waals surface area contributed by atoms with Gasteiger partial charge in [0.1, 0.15) is 5.01 Å². The van der Waals surface area contributed by atoms with Gasteiger partial charge in [0, 0.05) is 32.1 Å².